The average Bonchev–Trinajstić information content (AvgIpc) is 3.46. The molecule has 1 saturated carbocycles. The van der Waals surface area contributed by atoms with Gasteiger partial charge in [0.2, 0.25) is 17.4 Å². The number of nitriles is 1. The number of benzene rings is 1. The topological polar surface area (TPSA) is 123 Å². The van der Waals surface area contributed by atoms with Crippen molar-refractivity contribution in [3.63, 3.8) is 0 Å². The third-order valence-corrected chi connectivity index (χ3v) is 8.15. The van der Waals surface area contributed by atoms with E-state index in [9.17, 15) is 46.4 Å². The van der Waals surface area contributed by atoms with Crippen LogP contribution in [0.15, 0.2) is 12.1 Å². The van der Waals surface area contributed by atoms with E-state index in [2.05, 4.69) is 5.32 Å². The number of amides is 4. The molecule has 4 amide bonds. The molecule has 1 spiro atoms. The Morgan fingerprint density at radius 1 is 1.24 bits per heavy atom. The Kier molecular flexibility index (Phi) is 7.07. The molecule has 5 rings (SSSR count). The minimum absolute atomic E-state index is 0.0104. The molecular formula is C26H26F5N5O5. The van der Waals surface area contributed by atoms with Crippen molar-refractivity contribution in [3.8, 4) is 11.8 Å². The van der Waals surface area contributed by atoms with E-state index in [-0.39, 0.29) is 43.2 Å². The van der Waals surface area contributed by atoms with Crippen LogP contribution < -0.4 is 10.1 Å². The predicted molar refractivity (Wildman–Crippen MR) is 129 cm³/mol. The first-order valence-electron chi connectivity index (χ1n) is 13.1. The fourth-order valence-corrected chi connectivity index (χ4v) is 5.75. The molecule has 0 radical (unpaired) electrons. The van der Waals surface area contributed by atoms with Gasteiger partial charge in [-0.2, -0.15) is 18.4 Å². The highest BCUT2D eigenvalue weighted by Gasteiger charge is 2.57. The lowest BCUT2D eigenvalue weighted by Gasteiger charge is -2.35. The number of anilines is 1. The highest BCUT2D eigenvalue weighted by Crippen LogP contribution is 2.43. The van der Waals surface area contributed by atoms with Crippen molar-refractivity contribution in [2.24, 2.45) is 11.8 Å². The summed E-state index contributed by atoms with van der Waals surface area (Å²) in [5, 5.41) is 12.2. The van der Waals surface area contributed by atoms with Gasteiger partial charge in [0.1, 0.15) is 23.6 Å². The number of fused-ring (bicyclic) bond motifs is 1. The normalized spacial score (nSPS) is 26.2. The van der Waals surface area contributed by atoms with Gasteiger partial charge in [-0.3, -0.25) is 19.2 Å². The first-order valence-corrected chi connectivity index (χ1v) is 13.1. The highest BCUT2D eigenvalue weighted by molar-refractivity contribution is 6.02. The Labute approximate surface area is 231 Å². The number of carbonyl (C=O) groups is 4. The summed E-state index contributed by atoms with van der Waals surface area (Å²) in [6.45, 7) is -1.14. The summed E-state index contributed by atoms with van der Waals surface area (Å²) in [6.07, 6.45) is -3.56. The predicted octanol–water partition coefficient (Wildman–Crippen LogP) is 2.20. The number of halogens is 5. The van der Waals surface area contributed by atoms with Gasteiger partial charge in [-0.05, 0) is 18.8 Å². The van der Waals surface area contributed by atoms with Crippen molar-refractivity contribution < 1.29 is 45.9 Å². The van der Waals surface area contributed by atoms with Crippen LogP contribution in [-0.4, -0.2) is 88.9 Å². The maximum Gasteiger partial charge on any atom is 0.471 e. The zero-order valence-electron chi connectivity index (χ0n) is 21.8. The average molecular weight is 584 g/mol. The third-order valence-electron chi connectivity index (χ3n) is 8.15. The molecule has 4 atom stereocenters. The number of rotatable bonds is 5. The number of alkyl halides is 3. The van der Waals surface area contributed by atoms with Crippen molar-refractivity contribution in [2.75, 3.05) is 32.0 Å². The first kappa shape index (κ1) is 28.6. The number of nitrogens with zero attached hydrogens (tertiary/aromatic N) is 4. The van der Waals surface area contributed by atoms with E-state index in [0.29, 0.717) is 11.0 Å². The lowest BCUT2D eigenvalue weighted by atomic mass is 9.97. The van der Waals surface area contributed by atoms with Crippen molar-refractivity contribution in [1.82, 2.24) is 14.7 Å². The van der Waals surface area contributed by atoms with E-state index in [1.807, 2.05) is 6.07 Å². The minimum atomic E-state index is -5.07. The highest BCUT2D eigenvalue weighted by atomic mass is 19.4. The zero-order valence-corrected chi connectivity index (χ0v) is 21.8. The molecule has 1 N–H and O–H groups in total. The van der Waals surface area contributed by atoms with Gasteiger partial charge in [0, 0.05) is 38.7 Å². The van der Waals surface area contributed by atoms with Gasteiger partial charge < -0.3 is 24.8 Å². The smallest absolute Gasteiger partial charge is 0.471 e. The van der Waals surface area contributed by atoms with E-state index in [1.165, 1.54) is 7.05 Å². The van der Waals surface area contributed by atoms with Gasteiger partial charge in [-0.15, -0.1) is 0 Å². The lowest BCUT2D eigenvalue weighted by molar-refractivity contribution is -0.184. The van der Waals surface area contributed by atoms with Crippen LogP contribution in [0.3, 0.4) is 0 Å². The maximum absolute atomic E-state index is 14.2. The van der Waals surface area contributed by atoms with E-state index in [1.54, 1.807) is 0 Å². The summed E-state index contributed by atoms with van der Waals surface area (Å²) in [7, 11) is 1.35. The van der Waals surface area contributed by atoms with Crippen LogP contribution in [0.2, 0.25) is 0 Å². The van der Waals surface area contributed by atoms with Gasteiger partial charge in [-0.25, -0.2) is 8.78 Å². The van der Waals surface area contributed by atoms with Crippen molar-refractivity contribution >= 4 is 29.3 Å². The van der Waals surface area contributed by atoms with Crippen molar-refractivity contribution in [1.29, 1.82) is 5.26 Å². The molecule has 1 aromatic carbocycles. The van der Waals surface area contributed by atoms with E-state index in [0.717, 1.165) is 28.7 Å². The number of carbonyl (C=O) groups excluding carboxylic acids is 4. The second kappa shape index (κ2) is 10.1. The SMILES string of the molecule is CN(C(=O)[C@@H]1CCN(C(=O)C(F)(F)F)C1)[C@@H](CC1CC1)C(=O)N1C[C@@]2(C[C@H]1C#N)Oc1cc(F)cc(F)c1NC2=O. The van der Waals surface area contributed by atoms with E-state index < -0.39 is 78.1 Å². The summed E-state index contributed by atoms with van der Waals surface area (Å²) >= 11 is 0. The van der Waals surface area contributed by atoms with E-state index in [4.69, 9.17) is 4.74 Å². The van der Waals surface area contributed by atoms with Crippen LogP contribution in [0.1, 0.15) is 32.1 Å². The molecule has 3 fully saturated rings. The molecular weight excluding hydrogens is 557 g/mol. The number of hydrogen-bond donors (Lipinski definition) is 1. The minimum Gasteiger partial charge on any atom is -0.473 e. The molecule has 1 aliphatic carbocycles. The third kappa shape index (κ3) is 5.27. The van der Waals surface area contributed by atoms with Crippen LogP contribution in [0, 0.1) is 34.8 Å². The van der Waals surface area contributed by atoms with Crippen LogP contribution in [0.5, 0.6) is 5.75 Å². The Morgan fingerprint density at radius 2 is 1.95 bits per heavy atom. The van der Waals surface area contributed by atoms with Crippen molar-refractivity contribution in [3.05, 3.63) is 23.8 Å². The largest absolute Gasteiger partial charge is 0.473 e. The van der Waals surface area contributed by atoms with Gasteiger partial charge >= 0.3 is 12.1 Å². The van der Waals surface area contributed by atoms with Crippen LogP contribution in [-0.2, 0) is 19.2 Å². The van der Waals surface area contributed by atoms with Gasteiger partial charge in [0.25, 0.3) is 5.91 Å². The molecule has 41 heavy (non-hydrogen) atoms. The first-order chi connectivity index (χ1) is 19.2. The number of nitrogens with one attached hydrogen (secondary N) is 1. The molecule has 2 saturated heterocycles. The van der Waals surface area contributed by atoms with E-state index >= 15 is 0 Å². The molecule has 1 aromatic rings. The second-order valence-corrected chi connectivity index (χ2v) is 11.0. The van der Waals surface area contributed by atoms with Gasteiger partial charge in [-0.1, -0.05) is 12.8 Å². The zero-order chi connectivity index (χ0) is 29.9. The molecule has 220 valence electrons. The molecule has 3 heterocycles. The summed E-state index contributed by atoms with van der Waals surface area (Å²) < 4.78 is 72.5. The van der Waals surface area contributed by atoms with Crippen molar-refractivity contribution in [2.45, 2.75) is 56.0 Å². The second-order valence-electron chi connectivity index (χ2n) is 11.0. The Hall–Kier alpha value is -3.96. The summed E-state index contributed by atoms with van der Waals surface area (Å²) in [6, 6.07) is 1.13. The van der Waals surface area contributed by atoms with Crippen LogP contribution >= 0.6 is 0 Å². The molecule has 15 heteroatoms. The Morgan fingerprint density at radius 3 is 2.59 bits per heavy atom. The Balaban J connectivity index is 1.35. The number of likely N-dealkylation sites (tertiary alicyclic amines) is 2. The molecule has 0 unspecified atom stereocenters. The lowest BCUT2D eigenvalue weighted by Crippen LogP contribution is -2.56. The monoisotopic (exact) mass is 583 g/mol. The number of ether oxygens (including phenoxy) is 1. The molecule has 4 aliphatic rings. The summed E-state index contributed by atoms with van der Waals surface area (Å²) in [5.41, 5.74) is -2.19. The Bertz CT molecular complexity index is 1340. The quantitative estimate of drug-likeness (QED) is 0.531. The molecule has 0 bridgehead atoms. The number of likely N-dealkylation sites (N-methyl/N-ethyl adjacent to an activating group) is 1. The van der Waals surface area contributed by atoms with Gasteiger partial charge in [0.05, 0.1) is 18.5 Å². The summed E-state index contributed by atoms with van der Waals surface area (Å²) in [4.78, 5) is 54.7. The maximum atomic E-state index is 14.2. The van der Waals surface area contributed by atoms with Crippen LogP contribution in [0.4, 0.5) is 27.6 Å². The van der Waals surface area contributed by atoms with Gasteiger partial charge in [0.15, 0.2) is 11.6 Å². The molecule has 0 aromatic heterocycles. The fraction of sp³-hybridized carbons (Fsp3) is 0.577. The molecule has 3 aliphatic heterocycles. The van der Waals surface area contributed by atoms with Crippen LogP contribution in [0.25, 0.3) is 0 Å². The standard InChI is InChI=1S/C26H26F5N5O5/c1-34(21(37)14-4-5-35(11-14)24(40)26(29,30)31)18(6-13-2-3-13)22(38)36-12-25(9-16(36)10-32)23(39)33-20-17(28)7-15(27)8-19(20)41-25/h7-8,13-14,16,18H,2-6,9,11-12H2,1H3,(H,33,39)/t14-,16+,18+,25-/m1/s1. The number of hydrogen-bond acceptors (Lipinski definition) is 6. The molecule has 10 nitrogen and oxygen atoms in total. The summed E-state index contributed by atoms with van der Waals surface area (Å²) in [5.74, 6) is -7.29. The fourth-order valence-electron chi connectivity index (χ4n) is 5.75.